The number of benzene rings is 5. The molecule has 0 aliphatic carbocycles. The molecule has 5 rings (SSSR count). The molecule has 6 N–H and O–H groups in total. The van der Waals surface area contributed by atoms with Crippen molar-refractivity contribution in [3.05, 3.63) is 169 Å². The molecule has 0 saturated heterocycles. The van der Waals surface area contributed by atoms with Crippen LogP contribution in [0.25, 0.3) is 0 Å². The van der Waals surface area contributed by atoms with Gasteiger partial charge in [-0.3, -0.25) is 18.5 Å². The number of nitrogens with one attached hydrogen (secondary N) is 3. The maximum atomic E-state index is 12.4. The van der Waals surface area contributed by atoms with Crippen molar-refractivity contribution in [1.29, 1.82) is 0 Å². The minimum atomic E-state index is -4.38. The highest BCUT2D eigenvalue weighted by Crippen LogP contribution is 2.43. The summed E-state index contributed by atoms with van der Waals surface area (Å²) in [6.45, 7) is 8.71. The highest BCUT2D eigenvalue weighted by molar-refractivity contribution is 7.86. The second kappa shape index (κ2) is 18.2. The van der Waals surface area contributed by atoms with Gasteiger partial charge in [0.05, 0.1) is 14.7 Å². The van der Waals surface area contributed by atoms with Crippen molar-refractivity contribution in [3.8, 4) is 0 Å². The maximum Gasteiger partial charge on any atom is 0.294 e. The molecule has 0 fully saturated rings. The molecule has 0 bridgehead atoms. The summed E-state index contributed by atoms with van der Waals surface area (Å²) < 4.78 is 97.3. The summed E-state index contributed by atoms with van der Waals surface area (Å²) in [6.07, 6.45) is 5.02. The van der Waals surface area contributed by atoms with Crippen molar-refractivity contribution in [2.45, 2.75) is 41.1 Å². The summed E-state index contributed by atoms with van der Waals surface area (Å²) in [5.74, 6) is -0.341. The molecule has 0 unspecified atom stereocenters. The number of rotatable bonds is 17. The molecule has 0 saturated carbocycles. The number of nitrogens with zero attached hydrogens (tertiary/aromatic N) is 1. The van der Waals surface area contributed by atoms with Gasteiger partial charge in [-0.1, -0.05) is 48.2 Å². The second-order valence-corrected chi connectivity index (χ2v) is 17.5. The Balaban J connectivity index is 1.61. The van der Waals surface area contributed by atoms with E-state index in [1.807, 2.05) is 0 Å². The van der Waals surface area contributed by atoms with Crippen LogP contribution in [0.1, 0.15) is 31.9 Å². The third kappa shape index (κ3) is 11.2. The van der Waals surface area contributed by atoms with Crippen molar-refractivity contribution in [1.82, 2.24) is 0 Å². The van der Waals surface area contributed by atoms with Gasteiger partial charge in [-0.25, -0.2) is 0 Å². The van der Waals surface area contributed by atoms with Crippen molar-refractivity contribution >= 4 is 70.3 Å². The minimum absolute atomic E-state index is 0.0720. The molecule has 0 aliphatic rings. The average molecular weight is 873 g/mol. The molecule has 0 spiro atoms. The maximum absolute atomic E-state index is 12.4. The van der Waals surface area contributed by atoms with Crippen LogP contribution in [0.3, 0.4) is 0 Å². The van der Waals surface area contributed by atoms with Crippen LogP contribution < -0.4 is 16.0 Å². The molecule has 0 aliphatic heterocycles. The number of hydrogen-bond donors (Lipinski definition) is 6. The lowest BCUT2D eigenvalue weighted by molar-refractivity contribution is -0.111. The fourth-order valence-electron chi connectivity index (χ4n) is 5.71. The van der Waals surface area contributed by atoms with Gasteiger partial charge in [0.15, 0.2) is 5.78 Å². The van der Waals surface area contributed by atoms with Crippen LogP contribution in [-0.2, 0) is 45.6 Å². The first-order valence-electron chi connectivity index (χ1n) is 17.7. The summed E-state index contributed by atoms with van der Waals surface area (Å²) in [5, 5.41) is 13.8. The van der Waals surface area contributed by atoms with E-state index in [-0.39, 0.29) is 26.2 Å². The summed E-state index contributed by atoms with van der Waals surface area (Å²) in [5.41, 5.74) is 3.38. The van der Waals surface area contributed by atoms with Crippen molar-refractivity contribution in [2.24, 2.45) is 5.16 Å². The quantitative estimate of drug-likeness (QED) is 0.0223. The predicted octanol–water partition coefficient (Wildman–Crippen LogP) is 8.27. The normalized spacial score (nSPS) is 13.0. The van der Waals surface area contributed by atoms with Gasteiger partial charge in [0, 0.05) is 57.8 Å². The number of anilines is 5. The molecule has 5 aromatic rings. The van der Waals surface area contributed by atoms with E-state index in [4.69, 9.17) is 4.84 Å². The zero-order valence-electron chi connectivity index (χ0n) is 32.3. The standard InChI is InChI=1S/C42H40N4O11S3/c1-5-31(7-6-28(2)43-34-16-22-39(23-17-34)58(48,49)50)42(57-46-29(3)30(4)47,32-8-12-35(13-9-32)44-37-18-24-40(25-19-37)59(51,52)53)33-10-14-36(15-11-33)45-38-20-26-41(27-21-38)60(54,55)56/h5-27,43-45H,1H2,2-4H3,(H,48,49,50)(H,51,52,53)(H,54,55,56)/b28-6+,31-7+,46-29+. The Kier molecular flexibility index (Phi) is 13.6. The number of carbonyl (C=O) groups is 1. The Morgan fingerprint density at radius 2 is 0.900 bits per heavy atom. The smallest absolute Gasteiger partial charge is 0.294 e. The second-order valence-electron chi connectivity index (χ2n) is 13.2. The summed E-state index contributed by atoms with van der Waals surface area (Å²) in [4.78, 5) is 18.1. The molecular formula is C42H40N4O11S3. The number of allylic oxidation sites excluding steroid dienone is 3. The number of carbonyl (C=O) groups excluding carboxylic acids is 1. The summed E-state index contributed by atoms with van der Waals surface area (Å²) in [7, 11) is -13.1. The molecule has 0 heterocycles. The van der Waals surface area contributed by atoms with Gasteiger partial charge in [0.25, 0.3) is 30.4 Å². The van der Waals surface area contributed by atoms with E-state index >= 15 is 0 Å². The van der Waals surface area contributed by atoms with Crippen LogP contribution in [0.15, 0.2) is 177 Å². The molecule has 5 aromatic carbocycles. The molecular weight excluding hydrogens is 833 g/mol. The molecule has 312 valence electrons. The molecule has 60 heavy (non-hydrogen) atoms. The zero-order chi connectivity index (χ0) is 43.9. The van der Waals surface area contributed by atoms with Crippen molar-refractivity contribution < 1.29 is 48.5 Å². The number of oxime groups is 1. The first-order valence-corrected chi connectivity index (χ1v) is 22.0. The van der Waals surface area contributed by atoms with Crippen LogP contribution in [0.4, 0.5) is 28.4 Å². The van der Waals surface area contributed by atoms with E-state index < -0.39 is 36.0 Å². The fraction of sp³-hybridized carbons (Fsp3) is 0.0952. The predicted molar refractivity (Wildman–Crippen MR) is 230 cm³/mol. The van der Waals surface area contributed by atoms with E-state index in [0.29, 0.717) is 50.8 Å². The Labute approximate surface area is 348 Å². The van der Waals surface area contributed by atoms with Gasteiger partial charge in [0.1, 0.15) is 5.71 Å². The van der Waals surface area contributed by atoms with Gasteiger partial charge in [-0.05, 0) is 117 Å². The highest BCUT2D eigenvalue weighted by atomic mass is 32.2. The van der Waals surface area contributed by atoms with Crippen LogP contribution in [0.2, 0.25) is 0 Å². The average Bonchev–Trinajstić information content (AvgIpc) is 3.19. The van der Waals surface area contributed by atoms with E-state index in [1.54, 1.807) is 73.7 Å². The van der Waals surface area contributed by atoms with Gasteiger partial charge in [0.2, 0.25) is 5.60 Å². The van der Waals surface area contributed by atoms with Crippen LogP contribution in [-0.4, -0.2) is 50.4 Å². The van der Waals surface area contributed by atoms with E-state index in [2.05, 4.69) is 27.7 Å². The Morgan fingerprint density at radius 1 is 0.567 bits per heavy atom. The molecule has 0 radical (unpaired) electrons. The Bertz CT molecular complexity index is 2680. The zero-order valence-corrected chi connectivity index (χ0v) is 34.7. The molecule has 15 nitrogen and oxygen atoms in total. The Morgan fingerprint density at radius 3 is 1.22 bits per heavy atom. The van der Waals surface area contributed by atoms with Crippen LogP contribution in [0, 0.1) is 0 Å². The largest absolute Gasteiger partial charge is 0.374 e. The monoisotopic (exact) mass is 872 g/mol. The van der Waals surface area contributed by atoms with Gasteiger partial charge >= 0.3 is 0 Å². The molecule has 0 amide bonds. The first-order chi connectivity index (χ1) is 28.2. The van der Waals surface area contributed by atoms with Gasteiger partial charge in [-0.15, -0.1) is 0 Å². The first kappa shape index (κ1) is 44.7. The third-order valence-corrected chi connectivity index (χ3v) is 11.5. The number of Topliss-reactive ketones (excluding diaryl/α,β-unsaturated/α-hetero) is 1. The summed E-state index contributed by atoms with van der Waals surface area (Å²) in [6, 6.07) is 30.5. The lowest BCUT2D eigenvalue weighted by atomic mass is 9.79. The summed E-state index contributed by atoms with van der Waals surface area (Å²) >= 11 is 0. The van der Waals surface area contributed by atoms with Crippen molar-refractivity contribution in [3.63, 3.8) is 0 Å². The minimum Gasteiger partial charge on any atom is -0.374 e. The highest BCUT2D eigenvalue weighted by Gasteiger charge is 2.41. The number of ketones is 1. The van der Waals surface area contributed by atoms with Gasteiger partial charge in [-0.2, -0.15) is 25.3 Å². The Hall–Kier alpha value is -6.41. The van der Waals surface area contributed by atoms with Gasteiger partial charge < -0.3 is 20.8 Å². The molecule has 18 heteroatoms. The third-order valence-electron chi connectivity index (χ3n) is 8.93. The topological polar surface area (TPSA) is 238 Å². The van der Waals surface area contributed by atoms with E-state index in [9.17, 15) is 43.7 Å². The van der Waals surface area contributed by atoms with Crippen LogP contribution >= 0.6 is 0 Å². The fourth-order valence-corrected chi connectivity index (χ4v) is 7.15. The molecule has 0 aromatic heterocycles. The van der Waals surface area contributed by atoms with Crippen LogP contribution in [0.5, 0.6) is 0 Å². The van der Waals surface area contributed by atoms with E-state index in [0.717, 1.165) is 0 Å². The van der Waals surface area contributed by atoms with E-state index in [1.165, 1.54) is 86.6 Å². The number of hydrogen-bond acceptors (Lipinski definition) is 12. The SMILES string of the molecule is C=C/C(=C\C=C(/C)Nc1ccc(S(=O)(=O)O)cc1)C(O/N=C(\C)C(C)=O)(c1ccc(Nc2ccc(S(=O)(=O)O)cc2)cc1)c1ccc(Nc2ccc(S(=O)(=O)O)cc2)cc1. The lowest BCUT2D eigenvalue weighted by Gasteiger charge is -2.34. The lowest BCUT2D eigenvalue weighted by Crippen LogP contribution is -2.32. The molecule has 0 atom stereocenters. The van der Waals surface area contributed by atoms with Crippen molar-refractivity contribution in [2.75, 3.05) is 16.0 Å².